The quantitative estimate of drug-likeness (QED) is 0.206. The van der Waals surface area contributed by atoms with Crippen LogP contribution in [0.1, 0.15) is 48.4 Å². The van der Waals surface area contributed by atoms with Crippen LogP contribution in [0.3, 0.4) is 0 Å². The number of unbranched alkanes of at least 4 members (excludes halogenated alkanes) is 2. The van der Waals surface area contributed by atoms with Gasteiger partial charge >= 0.3 is 5.91 Å². The van der Waals surface area contributed by atoms with Crippen LogP contribution in [0.15, 0.2) is 54.1 Å². The van der Waals surface area contributed by atoms with E-state index in [0.717, 1.165) is 19.3 Å². The molecule has 34 heavy (non-hydrogen) atoms. The highest BCUT2D eigenvalue weighted by molar-refractivity contribution is 7.15. The van der Waals surface area contributed by atoms with E-state index in [4.69, 9.17) is 4.74 Å². The zero-order valence-corrected chi connectivity index (χ0v) is 19.6. The van der Waals surface area contributed by atoms with Crippen molar-refractivity contribution in [3.8, 4) is 5.75 Å². The minimum absolute atomic E-state index is 0.104. The number of ether oxygens (including phenoxy) is 1. The first kappa shape index (κ1) is 23.6. The minimum atomic E-state index is -0.948. The number of halogens is 1. The van der Waals surface area contributed by atoms with E-state index >= 15 is 0 Å². The van der Waals surface area contributed by atoms with Gasteiger partial charge in [-0.1, -0.05) is 43.2 Å². The molecule has 4 rings (SSSR count). The Morgan fingerprint density at radius 3 is 2.59 bits per heavy atom. The number of aliphatic hydroxyl groups excluding tert-OH is 1. The van der Waals surface area contributed by atoms with Gasteiger partial charge in [-0.3, -0.25) is 14.5 Å². The fourth-order valence-electron chi connectivity index (χ4n) is 3.81. The molecule has 1 aromatic heterocycles. The molecule has 1 amide bonds. The van der Waals surface area contributed by atoms with Crippen LogP contribution in [0.2, 0.25) is 0 Å². The molecule has 1 N–H and O–H groups in total. The van der Waals surface area contributed by atoms with Gasteiger partial charge in [0, 0.05) is 5.56 Å². The molecule has 9 heteroatoms. The van der Waals surface area contributed by atoms with Gasteiger partial charge in [-0.05, 0) is 55.3 Å². The zero-order valence-electron chi connectivity index (χ0n) is 18.8. The maximum absolute atomic E-state index is 13.4. The minimum Gasteiger partial charge on any atom is -0.507 e. The van der Waals surface area contributed by atoms with Gasteiger partial charge in [0.25, 0.3) is 5.78 Å². The summed E-state index contributed by atoms with van der Waals surface area (Å²) in [7, 11) is 0. The molecule has 0 saturated carbocycles. The van der Waals surface area contributed by atoms with Crippen LogP contribution in [0.4, 0.5) is 9.52 Å². The number of rotatable bonds is 8. The third-order valence-electron chi connectivity index (χ3n) is 5.47. The third-order valence-corrected chi connectivity index (χ3v) is 6.31. The van der Waals surface area contributed by atoms with E-state index in [2.05, 4.69) is 17.1 Å². The van der Waals surface area contributed by atoms with Crippen molar-refractivity contribution in [2.45, 2.75) is 39.2 Å². The third kappa shape index (κ3) is 4.70. The Kier molecular flexibility index (Phi) is 7.02. The summed E-state index contributed by atoms with van der Waals surface area (Å²) < 4.78 is 19.3. The van der Waals surface area contributed by atoms with Crippen molar-refractivity contribution in [1.29, 1.82) is 0 Å². The molecule has 2 heterocycles. The Hall–Kier alpha value is -3.59. The molecule has 0 spiro atoms. The normalized spacial score (nSPS) is 17.4. The molecule has 0 bridgehead atoms. The maximum Gasteiger partial charge on any atom is 0.301 e. The number of amides is 1. The van der Waals surface area contributed by atoms with Crippen molar-refractivity contribution in [3.63, 3.8) is 0 Å². The highest BCUT2D eigenvalue weighted by Crippen LogP contribution is 2.43. The van der Waals surface area contributed by atoms with Gasteiger partial charge in [-0.25, -0.2) is 4.39 Å². The first-order valence-corrected chi connectivity index (χ1v) is 11.8. The number of nitrogens with zero attached hydrogens (tertiary/aromatic N) is 3. The summed E-state index contributed by atoms with van der Waals surface area (Å²) in [6.45, 7) is 4.40. The van der Waals surface area contributed by atoms with E-state index in [1.165, 1.54) is 40.5 Å². The van der Waals surface area contributed by atoms with Gasteiger partial charge in [-0.15, -0.1) is 10.2 Å². The summed E-state index contributed by atoms with van der Waals surface area (Å²) in [6.07, 6.45) is 3.03. The SMILES string of the molecule is CCCCCOc1cccc(C2C(=C(O)c3ccc(F)cc3)C(=O)C(=O)N2c2nnc(C)s2)c1. The second kappa shape index (κ2) is 10.1. The van der Waals surface area contributed by atoms with Crippen molar-refractivity contribution < 1.29 is 23.8 Å². The summed E-state index contributed by atoms with van der Waals surface area (Å²) in [6, 6.07) is 11.2. The standard InChI is InChI=1S/C25H24FN3O4S/c1-3-4-5-13-33-19-8-6-7-17(14-19)21-20(22(30)16-9-11-18(26)12-10-16)23(31)24(32)29(21)25-28-27-15(2)34-25/h6-12,14,21,30H,3-5,13H2,1-2H3. The summed E-state index contributed by atoms with van der Waals surface area (Å²) in [4.78, 5) is 27.5. The molecule has 7 nitrogen and oxygen atoms in total. The summed E-state index contributed by atoms with van der Waals surface area (Å²) in [5.74, 6) is -1.95. The molecule has 1 fully saturated rings. The number of hydrogen-bond acceptors (Lipinski definition) is 7. The molecule has 1 unspecified atom stereocenters. The van der Waals surface area contributed by atoms with Crippen LogP contribution in [0.5, 0.6) is 5.75 Å². The maximum atomic E-state index is 13.4. The molecular formula is C25H24FN3O4S. The fraction of sp³-hybridized carbons (Fsp3) is 0.280. The number of aliphatic hydroxyl groups is 1. The number of benzene rings is 2. The number of anilines is 1. The Bertz CT molecular complexity index is 1240. The Labute approximate surface area is 200 Å². The smallest absolute Gasteiger partial charge is 0.301 e. The van der Waals surface area contributed by atoms with Crippen LogP contribution >= 0.6 is 11.3 Å². The number of aryl methyl sites for hydroxylation is 1. The molecular weight excluding hydrogens is 457 g/mol. The molecule has 0 aliphatic carbocycles. The van der Waals surface area contributed by atoms with Crippen LogP contribution < -0.4 is 9.64 Å². The van der Waals surface area contributed by atoms with Crippen molar-refractivity contribution in [3.05, 3.63) is 76.1 Å². The van der Waals surface area contributed by atoms with Crippen molar-refractivity contribution in [1.82, 2.24) is 10.2 Å². The van der Waals surface area contributed by atoms with Crippen LogP contribution in [-0.4, -0.2) is 33.6 Å². The zero-order chi connectivity index (χ0) is 24.2. The van der Waals surface area contributed by atoms with Crippen molar-refractivity contribution in [2.75, 3.05) is 11.5 Å². The van der Waals surface area contributed by atoms with Crippen molar-refractivity contribution in [2.24, 2.45) is 0 Å². The highest BCUT2D eigenvalue weighted by atomic mass is 32.1. The molecule has 1 saturated heterocycles. The first-order chi connectivity index (χ1) is 16.4. The largest absolute Gasteiger partial charge is 0.507 e. The summed E-state index contributed by atoms with van der Waals surface area (Å²) >= 11 is 1.17. The first-order valence-electron chi connectivity index (χ1n) is 11.0. The fourth-order valence-corrected chi connectivity index (χ4v) is 4.52. The lowest BCUT2D eigenvalue weighted by atomic mass is 9.95. The van der Waals surface area contributed by atoms with E-state index in [1.807, 2.05) is 0 Å². The number of hydrogen-bond donors (Lipinski definition) is 1. The van der Waals surface area contributed by atoms with Crippen molar-refractivity contribution >= 4 is 33.9 Å². The number of carbonyl (C=O) groups excluding carboxylic acids is 2. The lowest BCUT2D eigenvalue weighted by Crippen LogP contribution is -2.29. The van der Waals surface area contributed by atoms with Gasteiger partial charge in [0.05, 0.1) is 18.2 Å². The van der Waals surface area contributed by atoms with Gasteiger partial charge in [0.15, 0.2) is 0 Å². The number of ketones is 1. The average molecular weight is 482 g/mol. The van der Waals surface area contributed by atoms with E-state index in [0.29, 0.717) is 22.9 Å². The molecule has 3 aromatic rings. The molecule has 1 atom stereocenters. The van der Waals surface area contributed by atoms with E-state index in [9.17, 15) is 19.1 Å². The molecule has 1 aliphatic rings. The lowest BCUT2D eigenvalue weighted by Gasteiger charge is -2.23. The molecule has 176 valence electrons. The Morgan fingerprint density at radius 1 is 1.15 bits per heavy atom. The van der Waals surface area contributed by atoms with Gasteiger partial charge in [-0.2, -0.15) is 0 Å². The summed E-state index contributed by atoms with van der Waals surface area (Å²) in [5.41, 5.74) is 0.695. The average Bonchev–Trinajstić information content (AvgIpc) is 3.37. The Balaban J connectivity index is 1.81. The van der Waals surface area contributed by atoms with Gasteiger partial charge in [0.1, 0.15) is 22.3 Å². The predicted molar refractivity (Wildman–Crippen MR) is 127 cm³/mol. The molecule has 0 radical (unpaired) electrons. The van der Waals surface area contributed by atoms with E-state index in [-0.39, 0.29) is 22.0 Å². The lowest BCUT2D eigenvalue weighted by molar-refractivity contribution is -0.132. The van der Waals surface area contributed by atoms with E-state index in [1.54, 1.807) is 31.2 Å². The Morgan fingerprint density at radius 2 is 1.91 bits per heavy atom. The summed E-state index contributed by atoms with van der Waals surface area (Å²) in [5, 5.41) is 20.0. The van der Waals surface area contributed by atoms with Crippen LogP contribution in [-0.2, 0) is 9.59 Å². The molecule has 2 aromatic carbocycles. The topological polar surface area (TPSA) is 92.6 Å². The second-order valence-corrected chi connectivity index (χ2v) is 9.07. The number of Topliss-reactive ketones (excluding diaryl/α,β-unsaturated/α-hetero) is 1. The van der Waals surface area contributed by atoms with Gasteiger partial charge < -0.3 is 9.84 Å². The monoisotopic (exact) mass is 481 g/mol. The van der Waals surface area contributed by atoms with Crippen LogP contribution in [0.25, 0.3) is 5.76 Å². The van der Waals surface area contributed by atoms with Gasteiger partial charge in [0.2, 0.25) is 5.13 Å². The second-order valence-electron chi connectivity index (χ2n) is 7.91. The number of aromatic nitrogens is 2. The number of carbonyl (C=O) groups is 2. The molecule has 1 aliphatic heterocycles. The predicted octanol–water partition coefficient (Wildman–Crippen LogP) is 5.18. The highest BCUT2D eigenvalue weighted by Gasteiger charge is 2.48. The van der Waals surface area contributed by atoms with E-state index < -0.39 is 23.5 Å². The van der Waals surface area contributed by atoms with Crippen LogP contribution in [0, 0.1) is 12.7 Å².